The molecule has 1 aromatic rings. The van der Waals surface area contributed by atoms with E-state index in [1.807, 2.05) is 4.90 Å². The van der Waals surface area contributed by atoms with E-state index >= 15 is 0 Å². The molecule has 1 aromatic heterocycles. The molecular weight excluding hydrogens is 264 g/mol. The van der Waals surface area contributed by atoms with Crippen molar-refractivity contribution in [2.45, 2.75) is 72.1 Å². The number of hydrogen-bond acceptors (Lipinski definition) is 3. The fraction of sp³-hybridized carbons (Fsp3) is 0.812. The number of amides is 1. The van der Waals surface area contributed by atoms with Crippen molar-refractivity contribution in [3.8, 4) is 0 Å². The van der Waals surface area contributed by atoms with Gasteiger partial charge in [0.2, 0.25) is 5.82 Å². The maximum Gasteiger partial charge on any atom is 0.293 e. The molecule has 0 unspecified atom stereocenters. The molecule has 0 radical (unpaired) electrons. The van der Waals surface area contributed by atoms with E-state index in [2.05, 4.69) is 36.0 Å². The van der Waals surface area contributed by atoms with Crippen LogP contribution in [-0.2, 0) is 6.42 Å². The van der Waals surface area contributed by atoms with Crippen LogP contribution >= 0.6 is 0 Å². The smallest absolute Gasteiger partial charge is 0.293 e. The zero-order valence-corrected chi connectivity index (χ0v) is 13.8. The topological polar surface area (TPSA) is 61.9 Å². The summed E-state index contributed by atoms with van der Waals surface area (Å²) in [7, 11) is 0. The molecule has 0 spiro atoms. The first-order valence-corrected chi connectivity index (χ1v) is 8.43. The number of carbonyl (C=O) groups excluding carboxylic acids is 1. The summed E-state index contributed by atoms with van der Waals surface area (Å²) in [6.45, 7) is 8.07. The van der Waals surface area contributed by atoms with E-state index in [9.17, 15) is 4.79 Å². The highest BCUT2D eigenvalue weighted by Gasteiger charge is 2.19. The van der Waals surface area contributed by atoms with E-state index in [0.29, 0.717) is 5.82 Å². The van der Waals surface area contributed by atoms with Gasteiger partial charge in [0.05, 0.1) is 0 Å². The molecule has 5 nitrogen and oxygen atoms in total. The van der Waals surface area contributed by atoms with Gasteiger partial charge in [-0.3, -0.25) is 9.89 Å². The lowest BCUT2D eigenvalue weighted by molar-refractivity contribution is 0.0737. The van der Waals surface area contributed by atoms with Gasteiger partial charge in [0.1, 0.15) is 5.82 Å². The molecular formula is C16H30N4O. The number of rotatable bonds is 11. The van der Waals surface area contributed by atoms with Gasteiger partial charge in [-0.1, -0.05) is 46.5 Å². The van der Waals surface area contributed by atoms with Crippen LogP contribution in [0.4, 0.5) is 0 Å². The Morgan fingerprint density at radius 2 is 1.62 bits per heavy atom. The maximum absolute atomic E-state index is 12.5. The Morgan fingerprint density at radius 1 is 1.00 bits per heavy atom. The van der Waals surface area contributed by atoms with Crippen LogP contribution in [0, 0.1) is 0 Å². The number of aryl methyl sites for hydroxylation is 1. The zero-order chi connectivity index (χ0) is 15.5. The minimum absolute atomic E-state index is 0.0270. The van der Waals surface area contributed by atoms with E-state index in [1.54, 1.807) is 0 Å². The molecule has 0 aromatic carbocycles. The van der Waals surface area contributed by atoms with Crippen LogP contribution in [0.15, 0.2) is 0 Å². The van der Waals surface area contributed by atoms with Crippen molar-refractivity contribution in [1.29, 1.82) is 0 Å². The number of H-pyrrole nitrogens is 1. The molecule has 0 atom stereocenters. The molecule has 1 N–H and O–H groups in total. The normalized spacial score (nSPS) is 10.8. The minimum atomic E-state index is -0.0270. The number of nitrogens with zero attached hydrogens (tertiary/aromatic N) is 3. The summed E-state index contributed by atoms with van der Waals surface area (Å²) < 4.78 is 0. The van der Waals surface area contributed by atoms with Crippen LogP contribution in [0.25, 0.3) is 0 Å². The molecule has 0 saturated heterocycles. The number of nitrogens with one attached hydrogen (secondary N) is 1. The first-order valence-electron chi connectivity index (χ1n) is 8.43. The van der Waals surface area contributed by atoms with Gasteiger partial charge in [-0.25, -0.2) is 4.98 Å². The molecule has 0 aliphatic rings. The Labute approximate surface area is 128 Å². The SMILES string of the molecule is CCCCCN(CCCCC)C(=O)c1n[nH]c(CCC)n1. The Bertz CT molecular complexity index is 393. The Kier molecular flexibility index (Phi) is 8.71. The van der Waals surface area contributed by atoms with Gasteiger partial charge < -0.3 is 4.90 Å². The second kappa shape index (κ2) is 10.4. The average Bonchev–Trinajstić information content (AvgIpc) is 2.94. The number of aromatic amines is 1. The van der Waals surface area contributed by atoms with Crippen molar-refractivity contribution in [2.75, 3.05) is 13.1 Å². The van der Waals surface area contributed by atoms with Crippen molar-refractivity contribution in [3.63, 3.8) is 0 Å². The predicted octanol–water partition coefficient (Wildman–Crippen LogP) is 3.58. The molecule has 1 heterocycles. The molecule has 0 aliphatic heterocycles. The third-order valence-electron chi connectivity index (χ3n) is 3.56. The monoisotopic (exact) mass is 294 g/mol. The zero-order valence-electron chi connectivity index (χ0n) is 13.8. The lowest BCUT2D eigenvalue weighted by atomic mass is 10.2. The second-order valence-electron chi connectivity index (χ2n) is 5.56. The number of unbranched alkanes of at least 4 members (excludes halogenated alkanes) is 4. The number of carbonyl (C=O) groups is 1. The highest BCUT2D eigenvalue weighted by molar-refractivity contribution is 5.90. The first-order chi connectivity index (χ1) is 10.2. The number of aromatic nitrogens is 3. The summed E-state index contributed by atoms with van der Waals surface area (Å²) >= 11 is 0. The second-order valence-corrected chi connectivity index (χ2v) is 5.56. The number of hydrogen-bond donors (Lipinski definition) is 1. The van der Waals surface area contributed by atoms with Gasteiger partial charge in [0, 0.05) is 19.5 Å². The lowest BCUT2D eigenvalue weighted by Gasteiger charge is -2.21. The standard InChI is InChI=1S/C16H30N4O/c1-4-7-9-12-20(13-10-8-5-2)16(21)15-17-14(11-6-3)18-19-15/h4-13H2,1-3H3,(H,17,18,19). The predicted molar refractivity (Wildman–Crippen MR) is 85.3 cm³/mol. The van der Waals surface area contributed by atoms with E-state index in [4.69, 9.17) is 0 Å². The third-order valence-corrected chi connectivity index (χ3v) is 3.56. The average molecular weight is 294 g/mol. The van der Waals surface area contributed by atoms with E-state index in [0.717, 1.165) is 70.3 Å². The van der Waals surface area contributed by atoms with Crippen molar-refractivity contribution in [3.05, 3.63) is 11.6 Å². The summed E-state index contributed by atoms with van der Waals surface area (Å²) in [5.74, 6) is 1.11. The largest absolute Gasteiger partial charge is 0.336 e. The summed E-state index contributed by atoms with van der Waals surface area (Å²) in [5.41, 5.74) is 0. The first kappa shape index (κ1) is 17.7. The fourth-order valence-corrected chi connectivity index (χ4v) is 2.30. The van der Waals surface area contributed by atoms with Gasteiger partial charge in [0.15, 0.2) is 0 Å². The molecule has 120 valence electrons. The Morgan fingerprint density at radius 3 is 2.14 bits per heavy atom. The summed E-state index contributed by atoms with van der Waals surface area (Å²) in [6.07, 6.45) is 8.60. The van der Waals surface area contributed by atoms with Gasteiger partial charge in [-0.15, -0.1) is 5.10 Å². The highest BCUT2D eigenvalue weighted by Crippen LogP contribution is 2.07. The van der Waals surface area contributed by atoms with Crippen LogP contribution in [-0.4, -0.2) is 39.1 Å². The van der Waals surface area contributed by atoms with Crippen molar-refractivity contribution < 1.29 is 4.79 Å². The van der Waals surface area contributed by atoms with Crippen molar-refractivity contribution in [1.82, 2.24) is 20.1 Å². The molecule has 0 saturated carbocycles. The van der Waals surface area contributed by atoms with Gasteiger partial charge in [-0.2, -0.15) is 0 Å². The molecule has 0 bridgehead atoms. The van der Waals surface area contributed by atoms with Crippen LogP contribution in [0.3, 0.4) is 0 Å². The minimum Gasteiger partial charge on any atom is -0.336 e. The van der Waals surface area contributed by atoms with Gasteiger partial charge in [0.25, 0.3) is 5.91 Å². The molecule has 0 aliphatic carbocycles. The van der Waals surface area contributed by atoms with Crippen molar-refractivity contribution >= 4 is 5.91 Å². The van der Waals surface area contributed by atoms with Gasteiger partial charge in [-0.05, 0) is 19.3 Å². The van der Waals surface area contributed by atoms with Crippen LogP contribution in [0.1, 0.15) is 82.2 Å². The fourth-order valence-electron chi connectivity index (χ4n) is 2.30. The molecule has 0 fully saturated rings. The molecule has 1 amide bonds. The van der Waals surface area contributed by atoms with Crippen LogP contribution in [0.2, 0.25) is 0 Å². The van der Waals surface area contributed by atoms with Crippen LogP contribution in [0.5, 0.6) is 0 Å². The maximum atomic E-state index is 12.5. The highest BCUT2D eigenvalue weighted by atomic mass is 16.2. The van der Waals surface area contributed by atoms with Crippen LogP contribution < -0.4 is 0 Å². The van der Waals surface area contributed by atoms with E-state index in [1.165, 1.54) is 0 Å². The molecule has 21 heavy (non-hydrogen) atoms. The van der Waals surface area contributed by atoms with E-state index < -0.39 is 0 Å². The lowest BCUT2D eigenvalue weighted by Crippen LogP contribution is -2.33. The van der Waals surface area contributed by atoms with E-state index in [-0.39, 0.29) is 5.91 Å². The third kappa shape index (κ3) is 6.27. The summed E-state index contributed by atoms with van der Waals surface area (Å²) in [5, 5.41) is 6.95. The quantitative estimate of drug-likeness (QED) is 0.634. The Hall–Kier alpha value is -1.39. The summed E-state index contributed by atoms with van der Waals surface area (Å²) in [6, 6.07) is 0. The van der Waals surface area contributed by atoms with Crippen molar-refractivity contribution in [2.24, 2.45) is 0 Å². The van der Waals surface area contributed by atoms with Gasteiger partial charge >= 0.3 is 0 Å². The summed E-state index contributed by atoms with van der Waals surface area (Å²) in [4.78, 5) is 18.8. The molecule has 1 rings (SSSR count). The molecule has 5 heteroatoms. The Balaban J connectivity index is 2.62.